The van der Waals surface area contributed by atoms with Crippen LogP contribution in [0.25, 0.3) is 98.7 Å². The van der Waals surface area contributed by atoms with Crippen molar-refractivity contribution in [2.75, 3.05) is 0 Å². The first kappa shape index (κ1) is 35.7. The van der Waals surface area contributed by atoms with Crippen LogP contribution in [-0.4, -0.2) is 0 Å². The minimum Gasteiger partial charge on any atom is -0.0622 e. The molecule has 0 saturated heterocycles. The molecule has 0 aromatic heterocycles. The maximum absolute atomic E-state index is 2.50. The maximum Gasteiger partial charge on any atom is 0.0719 e. The zero-order valence-electron chi connectivity index (χ0n) is 34.6. The molecule has 0 aliphatic heterocycles. The summed E-state index contributed by atoms with van der Waals surface area (Å²) in [4.78, 5) is 0. The van der Waals surface area contributed by atoms with Gasteiger partial charge in [0.05, 0.1) is 5.41 Å². The van der Waals surface area contributed by atoms with Crippen molar-refractivity contribution in [2.45, 2.75) is 5.41 Å². The van der Waals surface area contributed by atoms with Gasteiger partial charge in [-0.05, 0) is 170 Å². The van der Waals surface area contributed by atoms with Gasteiger partial charge in [0.1, 0.15) is 0 Å². The second kappa shape index (κ2) is 14.0. The summed E-state index contributed by atoms with van der Waals surface area (Å²) in [5, 5.41) is 10.3. The van der Waals surface area contributed by atoms with Gasteiger partial charge < -0.3 is 0 Å². The molecule has 12 aromatic carbocycles. The van der Waals surface area contributed by atoms with E-state index in [1.165, 1.54) is 121 Å². The van der Waals surface area contributed by atoms with Crippen LogP contribution in [0.5, 0.6) is 0 Å². The average Bonchev–Trinajstić information content (AvgIpc) is 3.67. The van der Waals surface area contributed by atoms with Crippen molar-refractivity contribution in [3.8, 4) is 55.6 Å². The Hall–Kier alpha value is -8.06. The molecule has 0 radical (unpaired) electrons. The molecule has 0 saturated carbocycles. The standard InChI is InChI=1S/C63H40/c1-5-15-41(16-6-1)49-37-50(42-17-7-2-8-18-42)39-53(38-49)52-35-47-27-25-45-33-51(34-46-26-28-48(36-52)61(47)60(45)46)44-30-31-57-58-32-29-43-19-13-14-24-56(43)62(58)63(59(57)40-44,54-20-9-3-10-21-54)55-22-11-4-12-23-55/h1-40H. The van der Waals surface area contributed by atoms with E-state index >= 15 is 0 Å². The third kappa shape index (κ3) is 5.48. The smallest absolute Gasteiger partial charge is 0.0622 e. The van der Waals surface area contributed by atoms with Crippen molar-refractivity contribution in [3.05, 3.63) is 265 Å². The summed E-state index contributed by atoms with van der Waals surface area (Å²) in [5.41, 5.74) is 17.1. The molecular weight excluding hydrogens is 757 g/mol. The van der Waals surface area contributed by atoms with E-state index in [-0.39, 0.29) is 0 Å². The second-order valence-electron chi connectivity index (χ2n) is 17.2. The lowest BCUT2D eigenvalue weighted by Crippen LogP contribution is -2.28. The molecule has 1 aliphatic rings. The SMILES string of the molecule is c1ccc(-c2cc(-c3ccccc3)cc(-c3cc4ccc5cc(-c6ccc7c(c6)C(c6ccccc6)(c6ccccc6)c6c-7ccc7ccccc67)cc6ccc(c3)c4c56)c2)cc1. The van der Waals surface area contributed by atoms with Crippen LogP contribution in [-0.2, 0) is 5.41 Å². The minimum atomic E-state index is -0.500. The van der Waals surface area contributed by atoms with E-state index in [9.17, 15) is 0 Å². The Morgan fingerprint density at radius 2 is 0.635 bits per heavy atom. The first-order valence-electron chi connectivity index (χ1n) is 22.0. The summed E-state index contributed by atoms with van der Waals surface area (Å²) in [6.45, 7) is 0. The zero-order valence-corrected chi connectivity index (χ0v) is 34.6. The fourth-order valence-corrected chi connectivity index (χ4v) is 11.0. The number of rotatable bonds is 6. The van der Waals surface area contributed by atoms with E-state index in [1.807, 2.05) is 0 Å². The Morgan fingerprint density at radius 1 is 0.238 bits per heavy atom. The predicted octanol–water partition coefficient (Wildman–Crippen LogP) is 16.8. The minimum absolute atomic E-state index is 0.500. The van der Waals surface area contributed by atoms with Crippen LogP contribution < -0.4 is 0 Å². The van der Waals surface area contributed by atoms with E-state index < -0.39 is 5.41 Å². The van der Waals surface area contributed by atoms with Crippen molar-refractivity contribution in [1.29, 1.82) is 0 Å². The summed E-state index contributed by atoms with van der Waals surface area (Å²) in [7, 11) is 0. The molecule has 0 amide bonds. The molecule has 0 unspecified atom stereocenters. The van der Waals surface area contributed by atoms with Crippen molar-refractivity contribution in [3.63, 3.8) is 0 Å². The van der Waals surface area contributed by atoms with Crippen LogP contribution in [0.1, 0.15) is 22.3 Å². The molecule has 0 nitrogen and oxygen atoms in total. The third-order valence-electron chi connectivity index (χ3n) is 13.8. The van der Waals surface area contributed by atoms with Gasteiger partial charge in [-0.3, -0.25) is 0 Å². The lowest BCUT2D eigenvalue weighted by molar-refractivity contribution is 0.776. The monoisotopic (exact) mass is 796 g/mol. The average molecular weight is 797 g/mol. The van der Waals surface area contributed by atoms with Gasteiger partial charge in [-0.1, -0.05) is 194 Å². The lowest BCUT2D eigenvalue weighted by atomic mass is 9.66. The molecule has 0 atom stereocenters. The molecule has 0 bridgehead atoms. The Balaban J connectivity index is 0.978. The quantitative estimate of drug-likeness (QED) is 0.147. The molecule has 0 spiro atoms. The molecular formula is C63H40. The van der Waals surface area contributed by atoms with Crippen LogP contribution in [0.15, 0.2) is 243 Å². The van der Waals surface area contributed by atoms with Gasteiger partial charge in [0.2, 0.25) is 0 Å². The predicted molar refractivity (Wildman–Crippen MR) is 267 cm³/mol. The van der Waals surface area contributed by atoms with E-state index in [1.54, 1.807) is 0 Å². The normalized spacial score (nSPS) is 12.9. The molecule has 0 fully saturated rings. The van der Waals surface area contributed by atoms with Gasteiger partial charge in [-0.25, -0.2) is 0 Å². The van der Waals surface area contributed by atoms with Gasteiger partial charge in [0.25, 0.3) is 0 Å². The fourth-order valence-electron chi connectivity index (χ4n) is 11.0. The largest absolute Gasteiger partial charge is 0.0719 e. The first-order chi connectivity index (χ1) is 31.2. The van der Waals surface area contributed by atoms with Gasteiger partial charge in [0.15, 0.2) is 0 Å². The molecule has 0 heterocycles. The van der Waals surface area contributed by atoms with Gasteiger partial charge in [-0.2, -0.15) is 0 Å². The highest BCUT2D eigenvalue weighted by Gasteiger charge is 2.47. The van der Waals surface area contributed by atoms with Crippen LogP contribution in [0, 0.1) is 0 Å². The van der Waals surface area contributed by atoms with E-state index in [0.29, 0.717) is 0 Å². The first-order valence-corrected chi connectivity index (χ1v) is 22.0. The van der Waals surface area contributed by atoms with E-state index in [4.69, 9.17) is 0 Å². The van der Waals surface area contributed by atoms with Crippen molar-refractivity contribution in [1.82, 2.24) is 0 Å². The number of hydrogen-bond donors (Lipinski definition) is 0. The van der Waals surface area contributed by atoms with Crippen molar-refractivity contribution < 1.29 is 0 Å². The summed E-state index contributed by atoms with van der Waals surface area (Å²) in [5.74, 6) is 0. The summed E-state index contributed by atoms with van der Waals surface area (Å²) in [6.07, 6.45) is 0. The van der Waals surface area contributed by atoms with Crippen LogP contribution in [0.2, 0.25) is 0 Å². The summed E-state index contributed by atoms with van der Waals surface area (Å²) >= 11 is 0. The Bertz CT molecular complexity index is 3530. The van der Waals surface area contributed by atoms with Crippen LogP contribution in [0.3, 0.4) is 0 Å². The second-order valence-corrected chi connectivity index (χ2v) is 17.2. The highest BCUT2D eigenvalue weighted by atomic mass is 14.5. The molecule has 0 N–H and O–H groups in total. The molecule has 292 valence electrons. The Morgan fingerprint density at radius 3 is 1.16 bits per heavy atom. The molecule has 63 heavy (non-hydrogen) atoms. The van der Waals surface area contributed by atoms with Gasteiger partial charge in [0, 0.05) is 0 Å². The van der Waals surface area contributed by atoms with Gasteiger partial charge in [-0.15, -0.1) is 0 Å². The Labute approximate surface area is 367 Å². The topological polar surface area (TPSA) is 0 Å². The van der Waals surface area contributed by atoms with E-state index in [2.05, 4.69) is 243 Å². The molecule has 13 rings (SSSR count). The van der Waals surface area contributed by atoms with Crippen molar-refractivity contribution in [2.24, 2.45) is 0 Å². The number of benzene rings is 12. The van der Waals surface area contributed by atoms with Crippen molar-refractivity contribution >= 4 is 43.1 Å². The van der Waals surface area contributed by atoms with Gasteiger partial charge >= 0.3 is 0 Å². The molecule has 0 heteroatoms. The zero-order chi connectivity index (χ0) is 41.5. The summed E-state index contributed by atoms with van der Waals surface area (Å²) in [6, 6.07) is 90.5. The lowest BCUT2D eigenvalue weighted by Gasteiger charge is -2.35. The fraction of sp³-hybridized carbons (Fsp3) is 0.0159. The summed E-state index contributed by atoms with van der Waals surface area (Å²) < 4.78 is 0. The number of hydrogen-bond acceptors (Lipinski definition) is 0. The Kier molecular flexibility index (Phi) is 7.92. The highest BCUT2D eigenvalue weighted by Crippen LogP contribution is 2.59. The van der Waals surface area contributed by atoms with Crippen LogP contribution >= 0.6 is 0 Å². The number of fused-ring (bicyclic) bond motifs is 5. The third-order valence-corrected chi connectivity index (χ3v) is 13.8. The highest BCUT2D eigenvalue weighted by molar-refractivity contribution is 6.24. The molecule has 12 aromatic rings. The van der Waals surface area contributed by atoms with Crippen LogP contribution in [0.4, 0.5) is 0 Å². The maximum atomic E-state index is 2.50. The molecule has 1 aliphatic carbocycles. The van der Waals surface area contributed by atoms with E-state index in [0.717, 1.165) is 0 Å².